The van der Waals surface area contributed by atoms with Gasteiger partial charge in [-0.2, -0.15) is 0 Å². The van der Waals surface area contributed by atoms with Crippen molar-refractivity contribution in [3.63, 3.8) is 0 Å². The van der Waals surface area contributed by atoms with Gasteiger partial charge < -0.3 is 28.4 Å². The molecule has 0 amide bonds. The zero-order chi connectivity index (χ0) is 27.5. The van der Waals surface area contributed by atoms with Gasteiger partial charge in [0.25, 0.3) is 0 Å². The quantitative estimate of drug-likeness (QED) is 0.547. The summed E-state index contributed by atoms with van der Waals surface area (Å²) in [6.07, 6.45) is -2.78. The number of carbonyl (C=O) groups excluding carboxylic acids is 2. The molecule has 0 bridgehead atoms. The van der Waals surface area contributed by atoms with Crippen molar-refractivity contribution < 1.29 is 38.0 Å². The third kappa shape index (κ3) is 3.41. The number of nitrogens with zero attached hydrogens (tertiary/aromatic N) is 1. The molecule has 2 aromatic rings. The number of Topliss-reactive ketones (excluding diaryl/α,β-unsaturated/α-hetero) is 1. The maximum absolute atomic E-state index is 14.5. The number of fused-ring (bicyclic) bond motifs is 4. The first-order valence-electron chi connectivity index (χ1n) is 13.8. The first-order chi connectivity index (χ1) is 18.5. The molecule has 208 valence electrons. The van der Waals surface area contributed by atoms with Crippen molar-refractivity contribution in [1.29, 1.82) is 0 Å². The predicted octanol–water partition coefficient (Wildman–Crippen LogP) is 3.37. The van der Waals surface area contributed by atoms with Crippen LogP contribution in [0.4, 0.5) is 0 Å². The number of benzene rings is 2. The van der Waals surface area contributed by atoms with E-state index >= 15 is 0 Å². The molecule has 39 heavy (non-hydrogen) atoms. The molecule has 9 nitrogen and oxygen atoms in total. The van der Waals surface area contributed by atoms with E-state index in [1.54, 1.807) is 6.92 Å². The average Bonchev–Trinajstić information content (AvgIpc) is 3.55. The lowest BCUT2D eigenvalue weighted by Crippen LogP contribution is -2.59. The summed E-state index contributed by atoms with van der Waals surface area (Å²) in [7, 11) is 1.91. The molecule has 2 aromatic carbocycles. The van der Waals surface area contributed by atoms with E-state index in [0.717, 1.165) is 16.3 Å². The second kappa shape index (κ2) is 8.31. The van der Waals surface area contributed by atoms with Crippen molar-refractivity contribution in [2.75, 3.05) is 20.2 Å². The van der Waals surface area contributed by atoms with Crippen molar-refractivity contribution in [3.05, 3.63) is 47.5 Å². The Hall–Kier alpha value is -2.40. The molecule has 0 N–H and O–H groups in total. The number of likely N-dealkylation sites (tertiary alicyclic amines) is 1. The fraction of sp³-hybridized carbons (Fsp3) is 0.600. The fourth-order valence-electron chi connectivity index (χ4n) is 7.83. The Kier molecular flexibility index (Phi) is 5.45. The van der Waals surface area contributed by atoms with Crippen LogP contribution in [0, 0.1) is 11.8 Å². The summed E-state index contributed by atoms with van der Waals surface area (Å²) in [5.74, 6) is -3.53. The normalized spacial score (nSPS) is 39.8. The van der Waals surface area contributed by atoms with Gasteiger partial charge in [0.2, 0.25) is 0 Å². The summed E-state index contributed by atoms with van der Waals surface area (Å²) in [6, 6.07) is 11.7. The van der Waals surface area contributed by atoms with Gasteiger partial charge in [0.1, 0.15) is 23.9 Å². The van der Waals surface area contributed by atoms with Gasteiger partial charge in [0.15, 0.2) is 23.6 Å². The molecule has 7 rings (SSSR count). The Labute approximate surface area is 227 Å². The van der Waals surface area contributed by atoms with Crippen LogP contribution in [0.25, 0.3) is 10.8 Å². The lowest BCUT2D eigenvalue weighted by molar-refractivity contribution is -0.247. The third-order valence-corrected chi connectivity index (χ3v) is 9.02. The van der Waals surface area contributed by atoms with Crippen LogP contribution in [0.2, 0.25) is 0 Å². The van der Waals surface area contributed by atoms with Gasteiger partial charge in [-0.05, 0) is 58.0 Å². The Balaban J connectivity index is 1.37. The molecule has 4 saturated heterocycles. The van der Waals surface area contributed by atoms with E-state index in [1.165, 1.54) is 0 Å². The Morgan fingerprint density at radius 3 is 2.31 bits per heavy atom. The molecule has 5 aliphatic rings. The molecule has 0 aromatic heterocycles. The van der Waals surface area contributed by atoms with Crippen molar-refractivity contribution in [1.82, 2.24) is 4.90 Å². The first-order valence-corrected chi connectivity index (χ1v) is 13.8. The molecule has 4 aliphatic heterocycles. The van der Waals surface area contributed by atoms with Crippen molar-refractivity contribution >= 4 is 22.5 Å². The van der Waals surface area contributed by atoms with Crippen molar-refractivity contribution in [2.24, 2.45) is 11.8 Å². The van der Waals surface area contributed by atoms with Crippen molar-refractivity contribution in [2.45, 2.75) is 82.4 Å². The molecule has 4 heterocycles. The summed E-state index contributed by atoms with van der Waals surface area (Å²) in [5, 5.41) is 1.87. The monoisotopic (exact) mass is 537 g/mol. The van der Waals surface area contributed by atoms with Crippen LogP contribution in [0.5, 0.6) is 0 Å². The number of esters is 1. The SMILES string of the molecule is CCOC(=O)[C@H]1[C@@H]([C@H]2O[C@@H]3OC(C)(C)O[C@@H]3[C@H]3OC(C)(C)O[C@H]32)CN(C)[C@]12C(=O)c1cccc3cccc2c13. The topological polar surface area (TPSA) is 92.8 Å². The number of carbonyl (C=O) groups is 2. The summed E-state index contributed by atoms with van der Waals surface area (Å²) in [4.78, 5) is 30.5. The van der Waals surface area contributed by atoms with Gasteiger partial charge in [0, 0.05) is 18.0 Å². The minimum Gasteiger partial charge on any atom is -0.466 e. The van der Waals surface area contributed by atoms with E-state index in [0.29, 0.717) is 12.1 Å². The largest absolute Gasteiger partial charge is 0.466 e. The standard InChI is InChI=1S/C30H35NO8/c1-7-34-26(33)20-17(21-22-23(37-28(2,3)36-22)24-27(35-21)39-29(4,5)38-24)14-31(6)30(20)18-13-9-11-15-10-8-12-16(19(15)18)25(30)32/h8-13,17,20-24,27H,7,14H2,1-6H3/t17-,20+,21+,22-,23-,24+,27+,30-/m0/s1. The molecule has 0 unspecified atom stereocenters. The summed E-state index contributed by atoms with van der Waals surface area (Å²) in [5.41, 5.74) is 0.236. The summed E-state index contributed by atoms with van der Waals surface area (Å²) in [6.45, 7) is 9.81. The van der Waals surface area contributed by atoms with Crippen LogP contribution < -0.4 is 0 Å². The second-order valence-electron chi connectivity index (χ2n) is 12.2. The predicted molar refractivity (Wildman–Crippen MR) is 139 cm³/mol. The van der Waals surface area contributed by atoms with Gasteiger partial charge in [-0.15, -0.1) is 0 Å². The Morgan fingerprint density at radius 1 is 0.949 bits per heavy atom. The van der Waals surface area contributed by atoms with Crippen LogP contribution in [-0.2, 0) is 38.8 Å². The van der Waals surface area contributed by atoms with Crippen LogP contribution in [0.3, 0.4) is 0 Å². The number of hydrogen-bond acceptors (Lipinski definition) is 9. The van der Waals surface area contributed by atoms with E-state index in [4.69, 9.17) is 28.4 Å². The molecule has 8 atom stereocenters. The highest BCUT2D eigenvalue weighted by atomic mass is 16.9. The summed E-state index contributed by atoms with van der Waals surface area (Å²) < 4.78 is 37.5. The van der Waals surface area contributed by atoms with E-state index in [-0.39, 0.29) is 12.4 Å². The maximum Gasteiger partial charge on any atom is 0.312 e. The van der Waals surface area contributed by atoms with Gasteiger partial charge in [-0.1, -0.05) is 36.4 Å². The molecule has 9 heteroatoms. The zero-order valence-corrected chi connectivity index (χ0v) is 23.1. The van der Waals surface area contributed by atoms with E-state index in [9.17, 15) is 9.59 Å². The van der Waals surface area contributed by atoms with E-state index < -0.39 is 65.6 Å². The fourth-order valence-corrected chi connectivity index (χ4v) is 7.83. The highest BCUT2D eigenvalue weighted by Gasteiger charge is 2.70. The number of ketones is 1. The molecule has 4 fully saturated rings. The minimum atomic E-state index is -1.23. The van der Waals surface area contributed by atoms with Gasteiger partial charge in [-0.3, -0.25) is 14.5 Å². The van der Waals surface area contributed by atoms with Crippen LogP contribution in [0.15, 0.2) is 36.4 Å². The number of hydrogen-bond donors (Lipinski definition) is 0. The highest BCUT2D eigenvalue weighted by molar-refractivity contribution is 6.21. The van der Waals surface area contributed by atoms with Gasteiger partial charge in [-0.25, -0.2) is 0 Å². The van der Waals surface area contributed by atoms with Crippen LogP contribution in [-0.4, -0.2) is 79.1 Å². The van der Waals surface area contributed by atoms with Gasteiger partial charge >= 0.3 is 5.97 Å². The Bertz CT molecular complexity index is 1370. The third-order valence-electron chi connectivity index (χ3n) is 9.02. The summed E-state index contributed by atoms with van der Waals surface area (Å²) >= 11 is 0. The Morgan fingerprint density at radius 2 is 1.59 bits per heavy atom. The number of ether oxygens (including phenoxy) is 6. The van der Waals surface area contributed by atoms with Crippen LogP contribution in [0.1, 0.15) is 50.5 Å². The van der Waals surface area contributed by atoms with Gasteiger partial charge in [0.05, 0.1) is 18.6 Å². The molecule has 0 radical (unpaired) electrons. The zero-order valence-electron chi connectivity index (χ0n) is 23.1. The highest BCUT2D eigenvalue weighted by Crippen LogP contribution is 2.57. The van der Waals surface area contributed by atoms with E-state index in [1.807, 2.05) is 76.0 Å². The molecule has 0 saturated carbocycles. The maximum atomic E-state index is 14.5. The molecule has 1 aliphatic carbocycles. The molecular weight excluding hydrogens is 502 g/mol. The number of rotatable bonds is 3. The first kappa shape index (κ1) is 25.6. The lowest BCUT2D eigenvalue weighted by atomic mass is 9.71. The number of likely N-dealkylation sites (N-methyl/N-ethyl adjacent to an activating group) is 1. The lowest BCUT2D eigenvalue weighted by Gasteiger charge is -2.42. The minimum absolute atomic E-state index is 0.0897. The average molecular weight is 538 g/mol. The smallest absolute Gasteiger partial charge is 0.312 e. The second-order valence-corrected chi connectivity index (χ2v) is 12.2. The van der Waals surface area contributed by atoms with E-state index in [2.05, 4.69) is 0 Å². The van der Waals surface area contributed by atoms with Crippen LogP contribution >= 0.6 is 0 Å². The molecular formula is C30H35NO8. The van der Waals surface area contributed by atoms with Crippen molar-refractivity contribution in [3.8, 4) is 0 Å². The molecule has 1 spiro atoms.